The molecule has 0 aliphatic carbocycles. The van der Waals surface area contributed by atoms with E-state index in [4.69, 9.17) is 0 Å². The number of amides is 1. The highest BCUT2D eigenvalue weighted by Gasteiger charge is 2.35. The van der Waals surface area contributed by atoms with Crippen molar-refractivity contribution in [3.05, 3.63) is 35.9 Å². The van der Waals surface area contributed by atoms with Gasteiger partial charge >= 0.3 is 0 Å². The molecular formula is C18H28N2OS. The first-order chi connectivity index (χ1) is 10.7. The highest BCUT2D eigenvalue weighted by Crippen LogP contribution is 2.36. The summed E-state index contributed by atoms with van der Waals surface area (Å²) in [6.45, 7) is 10.8. The van der Waals surface area contributed by atoms with Crippen molar-refractivity contribution in [2.75, 3.05) is 31.9 Å². The number of hydrogen-bond donors (Lipinski definition) is 0. The number of rotatable bonds is 8. The van der Waals surface area contributed by atoms with E-state index in [1.807, 2.05) is 6.07 Å². The Morgan fingerprint density at radius 2 is 1.95 bits per heavy atom. The van der Waals surface area contributed by atoms with E-state index in [0.717, 1.165) is 32.6 Å². The fourth-order valence-electron chi connectivity index (χ4n) is 3.06. The van der Waals surface area contributed by atoms with E-state index in [9.17, 15) is 4.79 Å². The van der Waals surface area contributed by atoms with Crippen LogP contribution in [0.2, 0.25) is 0 Å². The molecule has 3 nitrogen and oxygen atoms in total. The van der Waals surface area contributed by atoms with E-state index in [0.29, 0.717) is 17.6 Å². The van der Waals surface area contributed by atoms with Crippen molar-refractivity contribution in [2.24, 2.45) is 0 Å². The normalized spacial score (nSPS) is 19.9. The van der Waals surface area contributed by atoms with Gasteiger partial charge in [0, 0.05) is 12.5 Å². The van der Waals surface area contributed by atoms with Gasteiger partial charge in [0.25, 0.3) is 0 Å². The maximum absolute atomic E-state index is 12.2. The van der Waals surface area contributed by atoms with Crippen LogP contribution in [-0.4, -0.2) is 53.0 Å². The molecule has 1 aromatic carbocycles. The molecule has 122 valence electrons. The Labute approximate surface area is 139 Å². The molecule has 0 radical (unpaired) electrons. The number of thioether (sulfide) groups is 1. The average molecular weight is 321 g/mol. The molecule has 1 heterocycles. The summed E-state index contributed by atoms with van der Waals surface area (Å²) in [6, 6.07) is 10.5. The molecule has 1 aliphatic rings. The molecule has 0 N–H and O–H groups in total. The minimum Gasteiger partial charge on any atom is -0.329 e. The van der Waals surface area contributed by atoms with Crippen LogP contribution in [0.5, 0.6) is 0 Å². The lowest BCUT2D eigenvalue weighted by atomic mass is 10.0. The van der Waals surface area contributed by atoms with Crippen LogP contribution in [0, 0.1) is 0 Å². The maximum atomic E-state index is 12.2. The highest BCUT2D eigenvalue weighted by molar-refractivity contribution is 8.01. The van der Waals surface area contributed by atoms with Crippen LogP contribution < -0.4 is 0 Å². The van der Waals surface area contributed by atoms with Crippen molar-refractivity contribution >= 4 is 17.7 Å². The van der Waals surface area contributed by atoms with Crippen LogP contribution >= 0.6 is 11.8 Å². The summed E-state index contributed by atoms with van der Waals surface area (Å²) in [5.41, 5.74) is 1.32. The topological polar surface area (TPSA) is 23.6 Å². The SMILES string of the molecule is CCN(CC)CCCN1C(=O)CSC1C(C)c1ccccc1. The molecule has 2 rings (SSSR count). The smallest absolute Gasteiger partial charge is 0.233 e. The first-order valence-corrected chi connectivity index (χ1v) is 9.40. The van der Waals surface area contributed by atoms with E-state index in [2.05, 4.69) is 54.8 Å². The molecule has 22 heavy (non-hydrogen) atoms. The van der Waals surface area contributed by atoms with Gasteiger partial charge in [0.05, 0.1) is 11.1 Å². The van der Waals surface area contributed by atoms with E-state index >= 15 is 0 Å². The zero-order chi connectivity index (χ0) is 15.9. The van der Waals surface area contributed by atoms with Crippen molar-refractivity contribution in [3.63, 3.8) is 0 Å². The highest BCUT2D eigenvalue weighted by atomic mass is 32.2. The summed E-state index contributed by atoms with van der Waals surface area (Å²) >= 11 is 1.79. The lowest BCUT2D eigenvalue weighted by Crippen LogP contribution is -2.38. The van der Waals surface area contributed by atoms with Gasteiger partial charge < -0.3 is 9.80 Å². The summed E-state index contributed by atoms with van der Waals surface area (Å²) in [5.74, 6) is 1.32. The summed E-state index contributed by atoms with van der Waals surface area (Å²) < 4.78 is 0. The quantitative estimate of drug-likeness (QED) is 0.733. The molecule has 1 amide bonds. The average Bonchev–Trinajstić information content (AvgIpc) is 2.92. The molecule has 1 saturated heterocycles. The molecule has 0 bridgehead atoms. The van der Waals surface area contributed by atoms with Gasteiger partial charge in [-0.15, -0.1) is 11.8 Å². The molecular weight excluding hydrogens is 292 g/mol. The van der Waals surface area contributed by atoms with Gasteiger partial charge in [-0.05, 0) is 31.6 Å². The summed E-state index contributed by atoms with van der Waals surface area (Å²) in [4.78, 5) is 16.7. The first-order valence-electron chi connectivity index (χ1n) is 8.35. The second kappa shape index (κ2) is 8.59. The third-order valence-electron chi connectivity index (χ3n) is 4.53. The van der Waals surface area contributed by atoms with Gasteiger partial charge in [-0.2, -0.15) is 0 Å². The minimum atomic E-state index is 0.284. The summed E-state index contributed by atoms with van der Waals surface area (Å²) in [7, 11) is 0. The molecule has 0 saturated carbocycles. The summed E-state index contributed by atoms with van der Waals surface area (Å²) in [6.07, 6.45) is 1.06. The van der Waals surface area contributed by atoms with Crippen LogP contribution in [-0.2, 0) is 4.79 Å². The largest absolute Gasteiger partial charge is 0.329 e. The molecule has 2 atom stereocenters. The summed E-state index contributed by atoms with van der Waals surface area (Å²) in [5, 5.41) is 0.284. The number of carbonyl (C=O) groups is 1. The van der Waals surface area contributed by atoms with E-state index in [1.54, 1.807) is 11.8 Å². The Hall–Kier alpha value is -1.00. The third kappa shape index (κ3) is 4.26. The van der Waals surface area contributed by atoms with Gasteiger partial charge in [-0.3, -0.25) is 4.79 Å². The standard InChI is InChI=1S/C18H28N2OS/c1-4-19(5-2)12-9-13-20-17(21)14-22-18(20)15(3)16-10-7-6-8-11-16/h6-8,10-11,15,18H,4-5,9,12-14H2,1-3H3. The van der Waals surface area contributed by atoms with Crippen molar-refractivity contribution < 1.29 is 4.79 Å². The minimum absolute atomic E-state index is 0.284. The fourth-order valence-corrected chi connectivity index (χ4v) is 4.39. The lowest BCUT2D eigenvalue weighted by molar-refractivity contribution is -0.128. The van der Waals surface area contributed by atoms with Gasteiger partial charge in [0.1, 0.15) is 0 Å². The molecule has 1 aliphatic heterocycles. The van der Waals surface area contributed by atoms with E-state index in [1.165, 1.54) is 5.56 Å². The Morgan fingerprint density at radius 1 is 1.27 bits per heavy atom. The van der Waals surface area contributed by atoms with Crippen molar-refractivity contribution in [1.82, 2.24) is 9.80 Å². The maximum Gasteiger partial charge on any atom is 0.233 e. The third-order valence-corrected chi connectivity index (χ3v) is 5.94. The monoisotopic (exact) mass is 320 g/mol. The lowest BCUT2D eigenvalue weighted by Gasteiger charge is -2.30. The number of hydrogen-bond acceptors (Lipinski definition) is 3. The van der Waals surface area contributed by atoms with Crippen molar-refractivity contribution in [1.29, 1.82) is 0 Å². The zero-order valence-corrected chi connectivity index (χ0v) is 14.8. The van der Waals surface area contributed by atoms with Crippen LogP contribution in [0.25, 0.3) is 0 Å². The van der Waals surface area contributed by atoms with Crippen LogP contribution in [0.1, 0.15) is 38.7 Å². The van der Waals surface area contributed by atoms with Crippen LogP contribution in [0.15, 0.2) is 30.3 Å². The van der Waals surface area contributed by atoms with E-state index < -0.39 is 0 Å². The molecule has 4 heteroatoms. The Morgan fingerprint density at radius 3 is 2.59 bits per heavy atom. The predicted octanol–water partition coefficient (Wildman–Crippen LogP) is 3.42. The Balaban J connectivity index is 1.94. The molecule has 1 fully saturated rings. The van der Waals surface area contributed by atoms with Crippen molar-refractivity contribution in [3.8, 4) is 0 Å². The first kappa shape index (κ1) is 17.4. The number of benzene rings is 1. The zero-order valence-electron chi connectivity index (χ0n) is 14.0. The van der Waals surface area contributed by atoms with Gasteiger partial charge in [-0.1, -0.05) is 51.1 Å². The molecule has 0 spiro atoms. The second-order valence-corrected chi connectivity index (χ2v) is 6.97. The van der Waals surface area contributed by atoms with Gasteiger partial charge in [0.2, 0.25) is 5.91 Å². The molecule has 2 unspecified atom stereocenters. The number of carbonyl (C=O) groups excluding carboxylic acids is 1. The van der Waals surface area contributed by atoms with Gasteiger partial charge in [-0.25, -0.2) is 0 Å². The number of nitrogens with zero attached hydrogens (tertiary/aromatic N) is 2. The fraction of sp³-hybridized carbons (Fsp3) is 0.611. The van der Waals surface area contributed by atoms with E-state index in [-0.39, 0.29) is 5.37 Å². The molecule has 1 aromatic rings. The predicted molar refractivity (Wildman–Crippen MR) is 95.2 cm³/mol. The Bertz CT molecular complexity index is 461. The Kier molecular flexibility index (Phi) is 6.77. The van der Waals surface area contributed by atoms with Crippen LogP contribution in [0.4, 0.5) is 0 Å². The second-order valence-electron chi connectivity index (χ2n) is 5.87. The molecule has 0 aromatic heterocycles. The van der Waals surface area contributed by atoms with Crippen molar-refractivity contribution in [2.45, 2.75) is 38.5 Å². The van der Waals surface area contributed by atoms with Crippen LogP contribution in [0.3, 0.4) is 0 Å². The van der Waals surface area contributed by atoms with Gasteiger partial charge in [0.15, 0.2) is 0 Å².